The topological polar surface area (TPSA) is 122 Å². The SMILES string of the molecule is c1ccc(-c2cncc3[nH]c(-c4n[nH]c5ccc(-c6cncnc6)nc45)nc23)nc1. The van der Waals surface area contributed by atoms with Crippen molar-refractivity contribution in [2.45, 2.75) is 0 Å². The molecule has 0 amide bonds. The summed E-state index contributed by atoms with van der Waals surface area (Å²) < 4.78 is 0. The lowest BCUT2D eigenvalue weighted by molar-refractivity contribution is 1.10. The highest BCUT2D eigenvalue weighted by atomic mass is 15.2. The maximum absolute atomic E-state index is 4.80. The highest BCUT2D eigenvalue weighted by Gasteiger charge is 2.17. The van der Waals surface area contributed by atoms with Crippen LogP contribution in [0.4, 0.5) is 0 Å². The van der Waals surface area contributed by atoms with Crippen molar-refractivity contribution in [2.75, 3.05) is 0 Å². The van der Waals surface area contributed by atoms with Gasteiger partial charge in [0, 0.05) is 35.9 Å². The van der Waals surface area contributed by atoms with Crippen LogP contribution in [0, 0.1) is 0 Å². The summed E-state index contributed by atoms with van der Waals surface area (Å²) in [7, 11) is 0. The van der Waals surface area contributed by atoms with Gasteiger partial charge in [0.2, 0.25) is 0 Å². The average Bonchev–Trinajstić information content (AvgIpc) is 3.43. The van der Waals surface area contributed by atoms with Crippen LogP contribution in [0.25, 0.3) is 56.1 Å². The molecule has 0 aliphatic carbocycles. The van der Waals surface area contributed by atoms with Crippen LogP contribution in [0.1, 0.15) is 0 Å². The average molecular weight is 391 g/mol. The number of nitrogens with zero attached hydrogens (tertiary/aromatic N) is 7. The molecule has 0 saturated heterocycles. The molecule has 6 aromatic rings. The second-order valence-electron chi connectivity index (χ2n) is 6.68. The Labute approximate surface area is 169 Å². The first-order valence-electron chi connectivity index (χ1n) is 9.23. The van der Waals surface area contributed by atoms with Crippen LogP contribution in [-0.2, 0) is 0 Å². The minimum Gasteiger partial charge on any atom is -0.335 e. The van der Waals surface area contributed by atoms with E-state index in [2.05, 4.69) is 35.1 Å². The van der Waals surface area contributed by atoms with E-state index in [1.54, 1.807) is 31.0 Å². The van der Waals surface area contributed by atoms with Crippen molar-refractivity contribution < 1.29 is 0 Å². The van der Waals surface area contributed by atoms with Crippen molar-refractivity contribution in [1.82, 2.24) is 45.1 Å². The lowest BCUT2D eigenvalue weighted by Gasteiger charge is -2.00. The first kappa shape index (κ1) is 16.4. The molecule has 6 aromatic heterocycles. The van der Waals surface area contributed by atoms with E-state index in [1.165, 1.54) is 6.33 Å². The van der Waals surface area contributed by atoms with Crippen molar-refractivity contribution in [2.24, 2.45) is 0 Å². The smallest absolute Gasteiger partial charge is 0.161 e. The Bertz CT molecular complexity index is 1490. The van der Waals surface area contributed by atoms with Gasteiger partial charge in [-0.05, 0) is 24.3 Å². The van der Waals surface area contributed by atoms with E-state index < -0.39 is 0 Å². The second kappa shape index (κ2) is 6.52. The summed E-state index contributed by atoms with van der Waals surface area (Å²) >= 11 is 0. The van der Waals surface area contributed by atoms with Crippen LogP contribution in [0.3, 0.4) is 0 Å². The third kappa shape index (κ3) is 2.60. The van der Waals surface area contributed by atoms with Crippen molar-refractivity contribution in [3.63, 3.8) is 0 Å². The monoisotopic (exact) mass is 391 g/mol. The maximum atomic E-state index is 4.80. The van der Waals surface area contributed by atoms with Crippen LogP contribution in [0.15, 0.2) is 67.6 Å². The Morgan fingerprint density at radius 1 is 0.733 bits per heavy atom. The predicted octanol–water partition coefficient (Wildman–Crippen LogP) is 3.42. The van der Waals surface area contributed by atoms with Crippen LogP contribution in [0.2, 0.25) is 0 Å². The molecule has 0 saturated carbocycles. The molecule has 6 heterocycles. The van der Waals surface area contributed by atoms with Gasteiger partial charge in [-0.2, -0.15) is 5.10 Å². The number of nitrogens with one attached hydrogen (secondary N) is 2. The zero-order valence-corrected chi connectivity index (χ0v) is 15.5. The molecule has 0 aromatic carbocycles. The number of hydrogen-bond donors (Lipinski definition) is 2. The fraction of sp³-hybridized carbons (Fsp3) is 0. The zero-order chi connectivity index (χ0) is 19.9. The molecule has 2 N–H and O–H groups in total. The van der Waals surface area contributed by atoms with E-state index >= 15 is 0 Å². The number of aromatic amines is 2. The maximum Gasteiger partial charge on any atom is 0.161 e. The molecule has 0 bridgehead atoms. The summed E-state index contributed by atoms with van der Waals surface area (Å²) in [5.41, 5.74) is 6.99. The summed E-state index contributed by atoms with van der Waals surface area (Å²) in [4.78, 5) is 29.8. The zero-order valence-electron chi connectivity index (χ0n) is 15.5. The van der Waals surface area contributed by atoms with Gasteiger partial charge in [-0.15, -0.1) is 0 Å². The van der Waals surface area contributed by atoms with Crippen LogP contribution >= 0.6 is 0 Å². The molecule has 0 radical (unpaired) electrons. The standard InChI is InChI=1S/C21H13N9/c1-2-6-25-15(3-1)13-9-22-10-17-18(13)28-21(27-17)20-19-16(29-30-20)5-4-14(26-19)12-7-23-11-24-8-12/h1-11H,(H,27,28)(H,29,30). The molecular weight excluding hydrogens is 378 g/mol. The molecular formula is C21H13N9. The third-order valence-corrected chi connectivity index (χ3v) is 4.82. The van der Waals surface area contributed by atoms with Crippen LogP contribution in [0.5, 0.6) is 0 Å². The fourth-order valence-corrected chi connectivity index (χ4v) is 3.41. The first-order valence-corrected chi connectivity index (χ1v) is 9.23. The molecule has 0 aliphatic heterocycles. The minimum absolute atomic E-state index is 0.607. The second-order valence-corrected chi connectivity index (χ2v) is 6.68. The molecule has 9 nitrogen and oxygen atoms in total. The van der Waals surface area contributed by atoms with Gasteiger partial charge in [-0.25, -0.2) is 19.9 Å². The van der Waals surface area contributed by atoms with E-state index in [0.717, 1.165) is 39.1 Å². The Hall–Kier alpha value is -4.53. The Balaban J connectivity index is 1.52. The molecule has 142 valence electrons. The Kier molecular flexibility index (Phi) is 3.57. The molecule has 0 spiro atoms. The molecule has 0 unspecified atom stereocenters. The summed E-state index contributed by atoms with van der Waals surface area (Å²) in [6, 6.07) is 9.60. The number of pyridine rings is 3. The Morgan fingerprint density at radius 3 is 2.53 bits per heavy atom. The van der Waals surface area contributed by atoms with Gasteiger partial charge in [0.05, 0.1) is 28.6 Å². The predicted molar refractivity (Wildman–Crippen MR) is 111 cm³/mol. The van der Waals surface area contributed by atoms with Gasteiger partial charge in [0.1, 0.15) is 17.4 Å². The summed E-state index contributed by atoms with van der Waals surface area (Å²) in [6.07, 6.45) is 10.2. The first-order chi connectivity index (χ1) is 14.9. The molecule has 0 aliphatic rings. The van der Waals surface area contributed by atoms with E-state index in [-0.39, 0.29) is 0 Å². The van der Waals surface area contributed by atoms with Gasteiger partial charge in [-0.3, -0.25) is 15.1 Å². The van der Waals surface area contributed by atoms with Gasteiger partial charge >= 0.3 is 0 Å². The fourth-order valence-electron chi connectivity index (χ4n) is 3.41. The van der Waals surface area contributed by atoms with Gasteiger partial charge in [0.25, 0.3) is 0 Å². The van der Waals surface area contributed by atoms with Crippen LogP contribution in [-0.4, -0.2) is 45.1 Å². The number of fused-ring (bicyclic) bond motifs is 2. The lowest BCUT2D eigenvalue weighted by Crippen LogP contribution is -1.88. The molecule has 6 rings (SSSR count). The van der Waals surface area contributed by atoms with E-state index in [9.17, 15) is 0 Å². The largest absolute Gasteiger partial charge is 0.335 e. The van der Waals surface area contributed by atoms with Crippen LogP contribution < -0.4 is 0 Å². The van der Waals surface area contributed by atoms with Crippen molar-refractivity contribution in [3.8, 4) is 34.0 Å². The van der Waals surface area contributed by atoms with Crippen molar-refractivity contribution >= 4 is 22.1 Å². The lowest BCUT2D eigenvalue weighted by atomic mass is 10.1. The minimum atomic E-state index is 0.607. The van der Waals surface area contributed by atoms with E-state index in [4.69, 9.17) is 9.97 Å². The Morgan fingerprint density at radius 2 is 1.67 bits per heavy atom. The number of rotatable bonds is 3. The van der Waals surface area contributed by atoms with Gasteiger partial charge in [0.15, 0.2) is 11.5 Å². The molecule has 9 heteroatoms. The van der Waals surface area contributed by atoms with Gasteiger partial charge < -0.3 is 4.98 Å². The molecule has 0 atom stereocenters. The highest BCUT2D eigenvalue weighted by Crippen LogP contribution is 2.30. The number of imidazole rings is 1. The number of H-pyrrole nitrogens is 2. The van der Waals surface area contributed by atoms with E-state index in [1.807, 2.05) is 30.3 Å². The third-order valence-electron chi connectivity index (χ3n) is 4.82. The molecule has 0 fully saturated rings. The highest BCUT2D eigenvalue weighted by molar-refractivity contribution is 5.95. The van der Waals surface area contributed by atoms with Crippen molar-refractivity contribution in [3.05, 3.63) is 67.6 Å². The summed E-state index contributed by atoms with van der Waals surface area (Å²) in [5, 5.41) is 7.47. The summed E-state index contributed by atoms with van der Waals surface area (Å²) in [5.74, 6) is 0.607. The number of hydrogen-bond acceptors (Lipinski definition) is 7. The van der Waals surface area contributed by atoms with Crippen molar-refractivity contribution in [1.29, 1.82) is 0 Å². The molecule has 30 heavy (non-hydrogen) atoms. The number of aromatic nitrogens is 9. The summed E-state index contributed by atoms with van der Waals surface area (Å²) in [6.45, 7) is 0. The quantitative estimate of drug-likeness (QED) is 0.474. The normalized spacial score (nSPS) is 11.3. The van der Waals surface area contributed by atoms with E-state index in [0.29, 0.717) is 17.0 Å². The van der Waals surface area contributed by atoms with Gasteiger partial charge in [-0.1, -0.05) is 6.07 Å².